The molecule has 5 rings (SSSR count). The molecule has 1 aliphatic heterocycles. The Labute approximate surface area is 286 Å². The largest absolute Gasteiger partial charge is 0.363 e. The van der Waals surface area contributed by atoms with Gasteiger partial charge >= 0.3 is 6.03 Å². The number of amides is 5. The zero-order chi connectivity index (χ0) is 35.0. The van der Waals surface area contributed by atoms with Crippen LogP contribution in [-0.4, -0.2) is 70.9 Å². The molecule has 11 nitrogen and oxygen atoms in total. The van der Waals surface area contributed by atoms with Gasteiger partial charge in [0.2, 0.25) is 17.6 Å². The van der Waals surface area contributed by atoms with E-state index in [0.29, 0.717) is 19.4 Å². The first-order valence-electron chi connectivity index (χ1n) is 18.6. The van der Waals surface area contributed by atoms with Gasteiger partial charge in [-0.25, -0.2) is 4.79 Å². The number of piperidine rings is 1. The van der Waals surface area contributed by atoms with Crippen LogP contribution < -0.4 is 21.7 Å². The van der Waals surface area contributed by atoms with Crippen LogP contribution in [0.5, 0.6) is 0 Å². The lowest BCUT2D eigenvalue weighted by molar-refractivity contribution is -0.165. The quantitative estimate of drug-likeness (QED) is 0.228. The van der Waals surface area contributed by atoms with Gasteiger partial charge in [-0.05, 0) is 79.4 Å². The summed E-state index contributed by atoms with van der Waals surface area (Å²) in [4.78, 5) is 82.4. The Morgan fingerprint density at radius 1 is 0.833 bits per heavy atom. The van der Waals surface area contributed by atoms with Gasteiger partial charge in [0.1, 0.15) is 12.1 Å². The second-order valence-corrected chi connectivity index (χ2v) is 17.5. The molecule has 1 spiro atoms. The Hall–Kier alpha value is -2.98. The number of nitrogens with zero attached hydrogens (tertiary/aromatic N) is 1. The van der Waals surface area contributed by atoms with Gasteiger partial charge < -0.3 is 26.6 Å². The normalized spacial score (nSPS) is 25.9. The number of rotatable bonds is 12. The van der Waals surface area contributed by atoms with Crippen molar-refractivity contribution in [3.8, 4) is 0 Å². The van der Waals surface area contributed by atoms with E-state index in [-0.39, 0.29) is 40.3 Å². The summed E-state index contributed by atoms with van der Waals surface area (Å²) in [7, 11) is 0. The van der Waals surface area contributed by atoms with Crippen LogP contribution in [0.1, 0.15) is 131 Å². The molecule has 0 bridgehead atoms. The first-order chi connectivity index (χ1) is 22.5. The fraction of sp³-hybridized carbons (Fsp3) is 0.838. The molecule has 1 saturated heterocycles. The monoisotopic (exact) mass is 669 g/mol. The number of carbonyl (C=O) groups is 6. The molecule has 5 aliphatic rings. The molecule has 11 heteroatoms. The fourth-order valence-corrected chi connectivity index (χ4v) is 8.74. The predicted octanol–water partition coefficient (Wildman–Crippen LogP) is 4.16. The first kappa shape index (κ1) is 36.3. The van der Waals surface area contributed by atoms with Crippen LogP contribution in [-0.2, 0) is 24.0 Å². The molecule has 0 aromatic carbocycles. The maximum atomic E-state index is 14.7. The van der Waals surface area contributed by atoms with Crippen molar-refractivity contribution < 1.29 is 28.8 Å². The number of carbonyl (C=O) groups excluding carboxylic acids is 6. The Kier molecular flexibility index (Phi) is 10.7. The molecule has 0 aromatic rings. The molecular weight excluding hydrogens is 610 g/mol. The maximum absolute atomic E-state index is 14.7. The summed E-state index contributed by atoms with van der Waals surface area (Å²) in [6, 6.07) is -4.03. The summed E-state index contributed by atoms with van der Waals surface area (Å²) in [5.41, 5.74) is 4.24. The standard InChI is InChI=1S/C37H59N5O6/c1-35(2,3)30(41-34(48)40-27(28(43)24-15-16-24)23-13-7-6-8-14-23)33(47)42-21-37(17-10-18-37)36(4,5)20-26(42)32(46)39-25(29(44)31(38)45)19-22-11-9-12-22/h22-27,30H,6-21H2,1-5H3,(H2,38,45)(H,39,46)(H2,40,41,48)/t25?,26-,27?,30?/m0/s1. The topological polar surface area (TPSA) is 168 Å². The molecule has 5 amide bonds. The lowest BCUT2D eigenvalue weighted by Gasteiger charge is -2.61. The van der Waals surface area contributed by atoms with Crippen LogP contribution in [0, 0.1) is 34.0 Å². The average Bonchev–Trinajstić information content (AvgIpc) is 3.83. The van der Waals surface area contributed by atoms with Crippen LogP contribution in [0.2, 0.25) is 0 Å². The zero-order valence-corrected chi connectivity index (χ0v) is 29.8. The molecule has 3 unspecified atom stereocenters. The number of Topliss-reactive ketones (excluding diaryl/α,β-unsaturated/α-hetero) is 2. The van der Waals surface area contributed by atoms with Crippen molar-refractivity contribution in [1.29, 1.82) is 0 Å². The number of hydrogen-bond donors (Lipinski definition) is 4. The van der Waals surface area contributed by atoms with E-state index in [1.165, 1.54) is 0 Å². The van der Waals surface area contributed by atoms with Crippen LogP contribution in [0.3, 0.4) is 0 Å². The minimum Gasteiger partial charge on any atom is -0.363 e. The van der Waals surface area contributed by atoms with Crippen LogP contribution in [0.15, 0.2) is 0 Å². The zero-order valence-electron chi connectivity index (χ0n) is 29.8. The molecule has 4 saturated carbocycles. The molecule has 48 heavy (non-hydrogen) atoms. The fourth-order valence-electron chi connectivity index (χ4n) is 8.74. The molecule has 4 aliphatic carbocycles. The van der Waals surface area contributed by atoms with Gasteiger partial charge in [-0.1, -0.05) is 79.6 Å². The lowest BCUT2D eigenvalue weighted by atomic mass is 9.50. The average molecular weight is 670 g/mol. The molecule has 5 N–H and O–H groups in total. The van der Waals surface area contributed by atoms with Gasteiger partial charge in [0.25, 0.3) is 5.91 Å². The van der Waals surface area contributed by atoms with Gasteiger partial charge in [-0.15, -0.1) is 0 Å². The highest BCUT2D eigenvalue weighted by Crippen LogP contribution is 2.59. The van der Waals surface area contributed by atoms with Gasteiger partial charge in [-0.3, -0.25) is 24.0 Å². The van der Waals surface area contributed by atoms with Gasteiger partial charge in [0, 0.05) is 12.5 Å². The Balaban J connectivity index is 1.38. The van der Waals surface area contributed by atoms with Crippen LogP contribution in [0.25, 0.3) is 0 Å². The summed E-state index contributed by atoms with van der Waals surface area (Å²) >= 11 is 0. The highest BCUT2D eigenvalue weighted by Gasteiger charge is 2.58. The minimum atomic E-state index is -1.08. The Bertz CT molecular complexity index is 1270. The predicted molar refractivity (Wildman–Crippen MR) is 181 cm³/mol. The van der Waals surface area contributed by atoms with Gasteiger partial charge in [-0.2, -0.15) is 0 Å². The second-order valence-electron chi connectivity index (χ2n) is 17.5. The van der Waals surface area contributed by atoms with Crippen LogP contribution in [0.4, 0.5) is 4.79 Å². The SMILES string of the molecule is CC(C)(C)C(NC(=O)NC(C(=O)C1CC1)C1CCCCC1)C(=O)N1CC2(CCC2)C(C)(C)C[C@H]1C(=O)NC(CC1CCC1)C(=O)C(N)=O. The van der Waals surface area contributed by atoms with Crippen LogP contribution >= 0.6 is 0 Å². The molecule has 1 heterocycles. The number of nitrogens with one attached hydrogen (secondary N) is 3. The number of nitrogens with two attached hydrogens (primary N) is 1. The first-order valence-corrected chi connectivity index (χ1v) is 18.6. The number of primary amides is 1. The smallest absolute Gasteiger partial charge is 0.316 e. The number of hydrogen-bond acceptors (Lipinski definition) is 6. The van der Waals surface area contributed by atoms with Crippen molar-refractivity contribution in [2.24, 2.45) is 39.7 Å². The maximum Gasteiger partial charge on any atom is 0.316 e. The minimum absolute atomic E-state index is 0.00137. The number of ketones is 2. The van der Waals surface area contributed by atoms with E-state index in [0.717, 1.165) is 83.5 Å². The summed E-state index contributed by atoms with van der Waals surface area (Å²) in [5.74, 6) is -2.32. The van der Waals surface area contributed by atoms with Crippen molar-refractivity contribution in [2.45, 2.75) is 155 Å². The van der Waals surface area contributed by atoms with Crippen molar-refractivity contribution in [2.75, 3.05) is 6.54 Å². The molecule has 268 valence electrons. The summed E-state index contributed by atoms with van der Waals surface area (Å²) in [6.45, 7) is 10.3. The van der Waals surface area contributed by atoms with E-state index in [2.05, 4.69) is 29.8 Å². The highest BCUT2D eigenvalue weighted by molar-refractivity contribution is 6.37. The van der Waals surface area contributed by atoms with E-state index in [9.17, 15) is 28.8 Å². The van der Waals surface area contributed by atoms with E-state index in [1.54, 1.807) is 4.90 Å². The summed E-state index contributed by atoms with van der Waals surface area (Å²) in [5, 5.41) is 8.80. The number of urea groups is 1. The molecular formula is C37H59N5O6. The third kappa shape index (κ3) is 7.75. The third-order valence-corrected chi connectivity index (χ3v) is 12.6. The van der Waals surface area contributed by atoms with E-state index in [1.807, 2.05) is 20.8 Å². The summed E-state index contributed by atoms with van der Waals surface area (Å²) in [6.07, 6.45) is 13.2. The van der Waals surface area contributed by atoms with Gasteiger partial charge in [0.05, 0.1) is 12.1 Å². The lowest BCUT2D eigenvalue weighted by Crippen LogP contribution is -2.69. The molecule has 5 fully saturated rings. The second kappa shape index (κ2) is 14.1. The van der Waals surface area contributed by atoms with E-state index in [4.69, 9.17) is 5.73 Å². The Morgan fingerprint density at radius 3 is 1.98 bits per heavy atom. The Morgan fingerprint density at radius 2 is 1.48 bits per heavy atom. The summed E-state index contributed by atoms with van der Waals surface area (Å²) < 4.78 is 0. The van der Waals surface area contributed by atoms with Crippen molar-refractivity contribution >= 4 is 35.3 Å². The van der Waals surface area contributed by atoms with Gasteiger partial charge in [0.15, 0.2) is 5.78 Å². The molecule has 4 atom stereocenters. The highest BCUT2D eigenvalue weighted by atomic mass is 16.2. The molecule has 0 radical (unpaired) electrons. The van der Waals surface area contributed by atoms with E-state index < -0.39 is 53.2 Å². The van der Waals surface area contributed by atoms with Crippen molar-refractivity contribution in [1.82, 2.24) is 20.9 Å². The van der Waals surface area contributed by atoms with Crippen molar-refractivity contribution in [3.63, 3.8) is 0 Å². The molecule has 0 aromatic heterocycles. The van der Waals surface area contributed by atoms with Crippen molar-refractivity contribution in [3.05, 3.63) is 0 Å². The van der Waals surface area contributed by atoms with E-state index >= 15 is 0 Å². The third-order valence-electron chi connectivity index (χ3n) is 12.6. The number of likely N-dealkylation sites (tertiary alicyclic amines) is 1.